The Hall–Kier alpha value is -7.20. The van der Waals surface area contributed by atoms with Crippen molar-refractivity contribution in [3.8, 4) is 22.3 Å². The molecule has 3 aromatic carbocycles. The molecule has 0 radical (unpaired) electrons. The summed E-state index contributed by atoms with van der Waals surface area (Å²) in [5.74, 6) is 5.00. The largest absolute Gasteiger partial charge is 0.453 e. The number of aromatic nitrogens is 4. The molecule has 0 bridgehead atoms. The van der Waals surface area contributed by atoms with Gasteiger partial charge in [-0.15, -0.1) is 21.5 Å². The molecule has 5 aromatic rings. The highest BCUT2D eigenvalue weighted by atomic mass is 32.1. The van der Waals surface area contributed by atoms with Gasteiger partial charge in [0.2, 0.25) is 11.8 Å². The van der Waals surface area contributed by atoms with Crippen molar-refractivity contribution in [1.29, 1.82) is 0 Å². The lowest BCUT2D eigenvalue weighted by atomic mass is 9.85. The molecule has 0 spiro atoms. The highest BCUT2D eigenvalue weighted by Crippen LogP contribution is 2.33. The van der Waals surface area contributed by atoms with Gasteiger partial charge in [0.15, 0.2) is 11.6 Å². The van der Waals surface area contributed by atoms with Crippen molar-refractivity contribution >= 4 is 46.6 Å². The average molecular weight is 1020 g/mol. The third-order valence-electron chi connectivity index (χ3n) is 14.1. The van der Waals surface area contributed by atoms with E-state index in [1.54, 1.807) is 66.8 Å². The summed E-state index contributed by atoms with van der Waals surface area (Å²) in [6.45, 7) is 9.78. The maximum Gasteiger partial charge on any atom is 0.453 e. The minimum Gasteiger partial charge on any atom is -0.359 e. The number of nitrogens with zero attached hydrogens (tertiary/aromatic N) is 8. The molecule has 4 aliphatic heterocycles. The summed E-state index contributed by atoms with van der Waals surface area (Å²) >= 11 is 1.56. The van der Waals surface area contributed by atoms with Crippen molar-refractivity contribution in [3.05, 3.63) is 123 Å². The zero-order chi connectivity index (χ0) is 51.6. The van der Waals surface area contributed by atoms with E-state index in [0.717, 1.165) is 44.8 Å². The van der Waals surface area contributed by atoms with Gasteiger partial charge in [0, 0.05) is 74.6 Å². The van der Waals surface area contributed by atoms with Crippen LogP contribution in [0.4, 0.5) is 13.2 Å². The first-order chi connectivity index (χ1) is 34.9. The molecule has 4 amide bonds. The molecule has 380 valence electrons. The second-order valence-corrected chi connectivity index (χ2v) is 21.1. The quantitative estimate of drug-likeness (QED) is 0.144. The molecule has 9 rings (SSSR count). The number of carbonyl (C=O) groups excluding carboxylic acids is 5. The second-order valence-electron chi connectivity index (χ2n) is 20.2. The van der Waals surface area contributed by atoms with Gasteiger partial charge in [-0.05, 0) is 97.0 Å². The lowest BCUT2D eigenvalue weighted by Crippen LogP contribution is -2.57. The molecule has 0 aliphatic carbocycles. The number of aryl methyl sites for hydroxylation is 2. The average Bonchev–Trinajstić information content (AvgIpc) is 4.14. The minimum absolute atomic E-state index is 0.118. The second kappa shape index (κ2) is 21.1. The predicted molar refractivity (Wildman–Crippen MR) is 268 cm³/mol. The van der Waals surface area contributed by atoms with E-state index in [2.05, 4.69) is 59.8 Å². The Morgan fingerprint density at radius 1 is 0.849 bits per heavy atom. The summed E-state index contributed by atoms with van der Waals surface area (Å²) < 4.78 is 41.1. The molecular formula is C54H57F3N10O5S. The fourth-order valence-electron chi connectivity index (χ4n) is 9.87. The van der Waals surface area contributed by atoms with Crippen molar-refractivity contribution in [2.45, 2.75) is 103 Å². The van der Waals surface area contributed by atoms with Crippen LogP contribution in [0.15, 0.2) is 83.4 Å². The van der Waals surface area contributed by atoms with Crippen molar-refractivity contribution in [2.24, 2.45) is 16.4 Å². The summed E-state index contributed by atoms with van der Waals surface area (Å²) in [4.78, 5) is 78.2. The van der Waals surface area contributed by atoms with Gasteiger partial charge in [0.1, 0.15) is 17.9 Å². The van der Waals surface area contributed by atoms with Crippen LogP contribution in [-0.2, 0) is 33.5 Å². The molecule has 19 heteroatoms. The molecule has 0 saturated carbocycles. The van der Waals surface area contributed by atoms with Crippen LogP contribution in [0.25, 0.3) is 10.4 Å². The molecule has 2 unspecified atom stereocenters. The zero-order valence-electron chi connectivity index (χ0n) is 41.2. The smallest absolute Gasteiger partial charge is 0.359 e. The Bertz CT molecular complexity index is 2970. The number of halogens is 3. The van der Waals surface area contributed by atoms with E-state index in [4.69, 9.17) is 0 Å². The third kappa shape index (κ3) is 11.5. The van der Waals surface area contributed by atoms with E-state index in [0.29, 0.717) is 69.2 Å². The number of likely N-dealkylation sites (tertiary alicyclic amines) is 3. The van der Waals surface area contributed by atoms with Crippen LogP contribution in [0.3, 0.4) is 0 Å². The molecule has 3 saturated heterocycles. The van der Waals surface area contributed by atoms with Gasteiger partial charge >= 0.3 is 6.18 Å². The number of hydrogen-bond acceptors (Lipinski definition) is 11. The highest BCUT2D eigenvalue weighted by Gasteiger charge is 2.45. The number of ketones is 1. The van der Waals surface area contributed by atoms with Crippen LogP contribution < -0.4 is 10.6 Å². The van der Waals surface area contributed by atoms with Gasteiger partial charge in [0.05, 0.1) is 22.6 Å². The van der Waals surface area contributed by atoms with E-state index >= 15 is 0 Å². The first-order valence-corrected chi connectivity index (χ1v) is 25.5. The molecule has 6 heterocycles. The number of piperidine rings is 2. The predicted octanol–water partition coefficient (Wildman–Crippen LogP) is 7.25. The molecule has 2 aromatic heterocycles. The maximum atomic E-state index is 14.2. The Kier molecular flexibility index (Phi) is 14.7. The molecule has 2 N–H and O–H groups in total. The standard InChI is InChI=1S/C54H57F3N10O5S/c1-33-46(73-32-59-33)39-13-9-36(10-14-39)30-58-49(70)43-29-42(68)31-66(43)51(72)47(53(2,3)4)60-48(69)40-15-17-41(18-16-40)50(71)65-25-21-35(22-26-65)6-5-34-7-11-37(12-8-34)38-23-27-64(28-24-38)45-20-19-44-61-62-52(54(55,56)57)67(44)63-45/h7-18,32,35,38,43,47H,19-31H2,1-4H3,(H,58,70)(H,60,69). The summed E-state index contributed by atoms with van der Waals surface area (Å²) in [5.41, 5.74) is 6.62. The highest BCUT2D eigenvalue weighted by molar-refractivity contribution is 7.13. The zero-order valence-corrected chi connectivity index (χ0v) is 42.0. The summed E-state index contributed by atoms with van der Waals surface area (Å²) in [5, 5.41) is 17.0. The first-order valence-electron chi connectivity index (χ1n) is 24.6. The summed E-state index contributed by atoms with van der Waals surface area (Å²) in [6, 6.07) is 20.3. The fourth-order valence-corrected chi connectivity index (χ4v) is 10.7. The molecule has 73 heavy (non-hydrogen) atoms. The fraction of sp³-hybridized carbons (Fsp3) is 0.426. The Morgan fingerprint density at radius 2 is 1.53 bits per heavy atom. The topological polar surface area (TPSA) is 175 Å². The SMILES string of the molecule is Cc1ncsc1-c1ccc(CNC(=O)C2CC(=O)CN2C(=O)C(NC(=O)c2ccc(C(=O)N3CCC(C#Cc4ccc(C5CCN(C6=Nn7c(nnc7C(F)(F)F)CC6)CC5)cc4)CC3)cc2)C(C)(C)C)cc1. The van der Waals surface area contributed by atoms with Crippen LogP contribution in [0.2, 0.25) is 0 Å². The van der Waals surface area contributed by atoms with Crippen LogP contribution >= 0.6 is 11.3 Å². The van der Waals surface area contributed by atoms with Gasteiger partial charge in [-0.2, -0.15) is 22.9 Å². The number of rotatable bonds is 9. The van der Waals surface area contributed by atoms with Crippen LogP contribution in [0.5, 0.6) is 0 Å². The first kappa shape index (κ1) is 50.7. The van der Waals surface area contributed by atoms with Crippen molar-refractivity contribution in [2.75, 3.05) is 32.7 Å². The van der Waals surface area contributed by atoms with Gasteiger partial charge < -0.3 is 25.3 Å². The Labute approximate surface area is 425 Å². The summed E-state index contributed by atoms with van der Waals surface area (Å²) in [7, 11) is 0. The molecule has 15 nitrogen and oxygen atoms in total. The van der Waals surface area contributed by atoms with E-state index in [-0.39, 0.29) is 48.5 Å². The third-order valence-corrected chi connectivity index (χ3v) is 15.1. The number of fused-ring (bicyclic) bond motifs is 1. The Morgan fingerprint density at radius 3 is 2.18 bits per heavy atom. The van der Waals surface area contributed by atoms with E-state index in [1.165, 1.54) is 10.5 Å². The van der Waals surface area contributed by atoms with Crippen LogP contribution in [0.1, 0.15) is 120 Å². The minimum atomic E-state index is -4.62. The van der Waals surface area contributed by atoms with Gasteiger partial charge in [-0.25, -0.2) is 4.98 Å². The van der Waals surface area contributed by atoms with Crippen molar-refractivity contribution in [3.63, 3.8) is 0 Å². The lowest BCUT2D eigenvalue weighted by molar-refractivity contribution is -0.147. The number of alkyl halides is 3. The van der Waals surface area contributed by atoms with Crippen LogP contribution in [0, 0.1) is 30.1 Å². The lowest BCUT2D eigenvalue weighted by Gasteiger charge is -2.35. The van der Waals surface area contributed by atoms with E-state index in [1.807, 2.05) is 43.3 Å². The van der Waals surface area contributed by atoms with Gasteiger partial charge in [-0.3, -0.25) is 24.0 Å². The Balaban J connectivity index is 0.733. The van der Waals surface area contributed by atoms with Gasteiger partial charge in [0.25, 0.3) is 17.6 Å². The normalized spacial score (nSPS) is 18.1. The molecule has 3 fully saturated rings. The molecule has 4 aliphatic rings. The number of thiazole rings is 1. The summed E-state index contributed by atoms with van der Waals surface area (Å²) in [6.07, 6.45) is -0.730. The number of carbonyl (C=O) groups is 5. The maximum absolute atomic E-state index is 14.2. The number of amides is 4. The van der Waals surface area contributed by atoms with E-state index < -0.39 is 47.2 Å². The van der Waals surface area contributed by atoms with Crippen molar-refractivity contribution in [1.82, 2.24) is 45.2 Å². The van der Waals surface area contributed by atoms with Gasteiger partial charge in [-0.1, -0.05) is 69.0 Å². The van der Waals surface area contributed by atoms with E-state index in [9.17, 15) is 37.1 Å². The number of amidine groups is 1. The molecule has 2 atom stereocenters. The molecular weight excluding hydrogens is 958 g/mol. The number of hydrogen-bond donors (Lipinski definition) is 2. The monoisotopic (exact) mass is 1010 g/mol. The van der Waals surface area contributed by atoms with Crippen LogP contribution in [-0.4, -0.2) is 115 Å². The number of benzene rings is 3. The number of Topliss-reactive ketones (excluding diaryl/α,β-unsaturated/α-hetero) is 1. The number of nitrogens with one attached hydrogen (secondary N) is 2. The van der Waals surface area contributed by atoms with Crippen molar-refractivity contribution < 1.29 is 37.1 Å².